The first-order valence-corrected chi connectivity index (χ1v) is 8.80. The van der Waals surface area contributed by atoms with Crippen molar-refractivity contribution < 1.29 is 19.0 Å². The van der Waals surface area contributed by atoms with Gasteiger partial charge in [0.15, 0.2) is 11.5 Å². The van der Waals surface area contributed by atoms with E-state index in [9.17, 15) is 4.79 Å². The van der Waals surface area contributed by atoms with Crippen LogP contribution in [0.15, 0.2) is 55.1 Å². The van der Waals surface area contributed by atoms with Crippen molar-refractivity contribution in [2.24, 2.45) is 0 Å². The van der Waals surface area contributed by atoms with Crippen molar-refractivity contribution in [2.45, 2.75) is 19.5 Å². The number of fused-ring (bicyclic) bond motifs is 1. The maximum Gasteiger partial charge on any atom is 0.241 e. The zero-order valence-electron chi connectivity index (χ0n) is 15.6. The second kappa shape index (κ2) is 8.60. The third kappa shape index (κ3) is 4.80. The number of amides is 1. The van der Waals surface area contributed by atoms with Crippen molar-refractivity contribution in [3.8, 4) is 17.2 Å². The standard InChI is InChI=1S/C21H24N2O4/c1-4-11-25-18-8-5-16(6-9-18)13-23(3)15(2)21(24)22-17-7-10-19-20(12-17)27-14-26-19/h4-10,12,15H,1,11,13-14H2,2-3H3,(H,22,24)/t15-/m1/s1. The molecule has 2 aromatic carbocycles. The van der Waals surface area contributed by atoms with Gasteiger partial charge in [0.05, 0.1) is 6.04 Å². The summed E-state index contributed by atoms with van der Waals surface area (Å²) in [5.74, 6) is 2.06. The van der Waals surface area contributed by atoms with Crippen molar-refractivity contribution in [1.82, 2.24) is 4.90 Å². The van der Waals surface area contributed by atoms with E-state index < -0.39 is 0 Å². The molecule has 142 valence electrons. The number of carbonyl (C=O) groups excluding carboxylic acids is 1. The van der Waals surface area contributed by atoms with Gasteiger partial charge in [0.1, 0.15) is 12.4 Å². The fourth-order valence-electron chi connectivity index (χ4n) is 2.69. The van der Waals surface area contributed by atoms with Gasteiger partial charge in [-0.3, -0.25) is 9.69 Å². The van der Waals surface area contributed by atoms with Crippen molar-refractivity contribution in [3.63, 3.8) is 0 Å². The fraction of sp³-hybridized carbons (Fsp3) is 0.286. The topological polar surface area (TPSA) is 60.0 Å². The maximum absolute atomic E-state index is 12.6. The van der Waals surface area contributed by atoms with E-state index in [0.29, 0.717) is 30.3 Å². The van der Waals surface area contributed by atoms with Gasteiger partial charge in [-0.1, -0.05) is 24.8 Å². The largest absolute Gasteiger partial charge is 0.490 e. The lowest BCUT2D eigenvalue weighted by Gasteiger charge is -2.24. The first kappa shape index (κ1) is 18.8. The molecule has 27 heavy (non-hydrogen) atoms. The Kier molecular flexibility index (Phi) is 5.98. The van der Waals surface area contributed by atoms with Crippen LogP contribution in [-0.2, 0) is 11.3 Å². The highest BCUT2D eigenvalue weighted by atomic mass is 16.7. The lowest BCUT2D eigenvalue weighted by Crippen LogP contribution is -2.39. The van der Waals surface area contributed by atoms with Crippen LogP contribution in [0.4, 0.5) is 5.69 Å². The molecule has 0 radical (unpaired) electrons. The molecule has 1 N–H and O–H groups in total. The lowest BCUT2D eigenvalue weighted by molar-refractivity contribution is -0.120. The minimum absolute atomic E-state index is 0.0812. The van der Waals surface area contributed by atoms with Crippen LogP contribution in [0.1, 0.15) is 12.5 Å². The Morgan fingerprint density at radius 1 is 1.26 bits per heavy atom. The van der Waals surface area contributed by atoms with E-state index in [1.54, 1.807) is 24.3 Å². The number of anilines is 1. The number of nitrogens with zero attached hydrogens (tertiary/aromatic N) is 1. The molecule has 0 bridgehead atoms. The first-order valence-electron chi connectivity index (χ1n) is 8.80. The predicted octanol–water partition coefficient (Wildman–Crippen LogP) is 3.44. The predicted molar refractivity (Wildman–Crippen MR) is 104 cm³/mol. The minimum atomic E-state index is -0.299. The monoisotopic (exact) mass is 368 g/mol. The van der Waals surface area contributed by atoms with Gasteiger partial charge in [0, 0.05) is 18.3 Å². The number of ether oxygens (including phenoxy) is 3. The second-order valence-corrected chi connectivity index (χ2v) is 6.39. The van der Waals surface area contributed by atoms with Gasteiger partial charge in [-0.25, -0.2) is 0 Å². The van der Waals surface area contributed by atoms with E-state index in [1.807, 2.05) is 43.1 Å². The van der Waals surface area contributed by atoms with Gasteiger partial charge < -0.3 is 19.5 Å². The van der Waals surface area contributed by atoms with Crippen molar-refractivity contribution in [3.05, 3.63) is 60.7 Å². The van der Waals surface area contributed by atoms with E-state index in [4.69, 9.17) is 14.2 Å². The zero-order chi connectivity index (χ0) is 19.2. The molecule has 2 aromatic rings. The summed E-state index contributed by atoms with van der Waals surface area (Å²) in [6, 6.07) is 12.9. The average Bonchev–Trinajstić information content (AvgIpc) is 3.14. The molecule has 0 aromatic heterocycles. The molecule has 1 aliphatic heterocycles. The Labute approximate surface area is 159 Å². The molecule has 1 heterocycles. The van der Waals surface area contributed by atoms with Crippen LogP contribution in [0.2, 0.25) is 0 Å². The summed E-state index contributed by atoms with van der Waals surface area (Å²) in [5.41, 5.74) is 1.79. The van der Waals surface area contributed by atoms with Crippen molar-refractivity contribution in [1.29, 1.82) is 0 Å². The Hall–Kier alpha value is -2.99. The Morgan fingerprint density at radius 3 is 2.74 bits per heavy atom. The lowest BCUT2D eigenvalue weighted by atomic mass is 10.1. The molecule has 0 fully saturated rings. The van der Waals surface area contributed by atoms with E-state index in [-0.39, 0.29) is 18.7 Å². The van der Waals surface area contributed by atoms with Crippen LogP contribution in [-0.4, -0.2) is 37.3 Å². The van der Waals surface area contributed by atoms with Crippen LogP contribution in [0, 0.1) is 0 Å². The molecule has 6 nitrogen and oxygen atoms in total. The summed E-state index contributed by atoms with van der Waals surface area (Å²) >= 11 is 0. The Bertz CT molecular complexity index is 804. The minimum Gasteiger partial charge on any atom is -0.490 e. The number of carbonyl (C=O) groups is 1. The Balaban J connectivity index is 1.55. The number of rotatable bonds is 8. The normalized spacial score (nSPS) is 13.3. The van der Waals surface area contributed by atoms with Gasteiger partial charge in [0.25, 0.3) is 0 Å². The molecule has 0 saturated carbocycles. The van der Waals surface area contributed by atoms with Crippen molar-refractivity contribution >= 4 is 11.6 Å². The third-order valence-corrected chi connectivity index (χ3v) is 4.40. The van der Waals surface area contributed by atoms with Gasteiger partial charge in [0.2, 0.25) is 12.7 Å². The van der Waals surface area contributed by atoms with Crippen LogP contribution < -0.4 is 19.5 Å². The quantitative estimate of drug-likeness (QED) is 0.724. The van der Waals surface area contributed by atoms with E-state index in [0.717, 1.165) is 11.3 Å². The van der Waals surface area contributed by atoms with E-state index >= 15 is 0 Å². The van der Waals surface area contributed by atoms with Gasteiger partial charge in [-0.15, -0.1) is 0 Å². The first-order chi connectivity index (χ1) is 13.1. The molecule has 3 rings (SSSR count). The SMILES string of the molecule is C=CCOc1ccc(CN(C)[C@H](C)C(=O)Nc2ccc3c(c2)OCO3)cc1. The molecular formula is C21H24N2O4. The number of likely N-dealkylation sites (N-methyl/N-ethyl adjacent to an activating group) is 1. The zero-order valence-corrected chi connectivity index (χ0v) is 15.6. The highest BCUT2D eigenvalue weighted by molar-refractivity contribution is 5.94. The fourth-order valence-corrected chi connectivity index (χ4v) is 2.69. The molecule has 0 saturated heterocycles. The van der Waals surface area contributed by atoms with Gasteiger partial charge in [-0.05, 0) is 43.8 Å². The molecule has 6 heteroatoms. The third-order valence-electron chi connectivity index (χ3n) is 4.40. The molecule has 1 amide bonds. The number of benzene rings is 2. The maximum atomic E-state index is 12.6. The number of hydrogen-bond acceptors (Lipinski definition) is 5. The highest BCUT2D eigenvalue weighted by Gasteiger charge is 2.20. The number of nitrogens with one attached hydrogen (secondary N) is 1. The van der Waals surface area contributed by atoms with Crippen LogP contribution in [0.5, 0.6) is 17.2 Å². The Morgan fingerprint density at radius 2 is 2.00 bits per heavy atom. The molecule has 0 aliphatic carbocycles. The molecular weight excluding hydrogens is 344 g/mol. The summed E-state index contributed by atoms with van der Waals surface area (Å²) in [7, 11) is 1.92. The highest BCUT2D eigenvalue weighted by Crippen LogP contribution is 2.34. The molecule has 1 aliphatic rings. The van der Waals surface area contributed by atoms with E-state index in [1.165, 1.54) is 0 Å². The van der Waals surface area contributed by atoms with Gasteiger partial charge >= 0.3 is 0 Å². The molecule has 0 spiro atoms. The summed E-state index contributed by atoms with van der Waals surface area (Å²) in [6.45, 7) is 6.86. The summed E-state index contributed by atoms with van der Waals surface area (Å²) in [6.07, 6.45) is 1.71. The van der Waals surface area contributed by atoms with Crippen LogP contribution >= 0.6 is 0 Å². The van der Waals surface area contributed by atoms with E-state index in [2.05, 4.69) is 11.9 Å². The molecule has 1 atom stereocenters. The second-order valence-electron chi connectivity index (χ2n) is 6.39. The summed E-state index contributed by atoms with van der Waals surface area (Å²) in [4.78, 5) is 14.6. The van der Waals surface area contributed by atoms with Gasteiger partial charge in [-0.2, -0.15) is 0 Å². The molecule has 0 unspecified atom stereocenters. The summed E-state index contributed by atoms with van der Waals surface area (Å²) in [5, 5.41) is 2.92. The average molecular weight is 368 g/mol. The van der Waals surface area contributed by atoms with Crippen LogP contribution in [0.3, 0.4) is 0 Å². The van der Waals surface area contributed by atoms with Crippen molar-refractivity contribution in [2.75, 3.05) is 25.8 Å². The number of hydrogen-bond donors (Lipinski definition) is 1. The van der Waals surface area contributed by atoms with Crippen LogP contribution in [0.25, 0.3) is 0 Å². The summed E-state index contributed by atoms with van der Waals surface area (Å²) < 4.78 is 16.1. The smallest absolute Gasteiger partial charge is 0.241 e.